The van der Waals surface area contributed by atoms with Gasteiger partial charge in [0, 0.05) is 5.92 Å². The Balaban J connectivity index is 2.06. The number of ether oxygens (including phenoxy) is 1. The normalized spacial score (nSPS) is 24.0. The molecule has 1 aliphatic rings. The van der Waals surface area contributed by atoms with Crippen LogP contribution in [0.3, 0.4) is 0 Å². The monoisotopic (exact) mass is 563 g/mol. The molecule has 0 aliphatic carbocycles. The number of carbonyl (C=O) groups is 4. The predicted molar refractivity (Wildman–Crippen MR) is 159 cm³/mol. The standard InChI is InChI=1S/C33H45N3O5/c1-6-8-15-22(4)26-20-27(37)35-30(28(24-16-11-9-12-17-24)25-18-13-10-14-19-25)32(39)34-23(5)31(38)36-29(21(3)7-2)33(40)41-26/h9-14,16-19,21-23,26,28-30H,6-8,15,20H2,1-5H3,(H,34,39)(H,35,37)(H,36,38)/t21-,22-,23-,26-,29+,30+/m0/s1. The summed E-state index contributed by atoms with van der Waals surface area (Å²) in [6.45, 7) is 9.43. The molecule has 0 radical (unpaired) electrons. The van der Waals surface area contributed by atoms with Crippen molar-refractivity contribution in [2.24, 2.45) is 11.8 Å². The molecule has 8 nitrogen and oxygen atoms in total. The van der Waals surface area contributed by atoms with Crippen LogP contribution in [0.4, 0.5) is 0 Å². The van der Waals surface area contributed by atoms with Crippen LogP contribution in [0.15, 0.2) is 60.7 Å². The van der Waals surface area contributed by atoms with Crippen molar-refractivity contribution in [3.05, 3.63) is 71.8 Å². The summed E-state index contributed by atoms with van der Waals surface area (Å²) in [6, 6.07) is 16.2. The molecule has 0 saturated carbocycles. The van der Waals surface area contributed by atoms with Gasteiger partial charge in [0.15, 0.2) is 0 Å². The Bertz CT molecular complexity index is 1120. The van der Waals surface area contributed by atoms with E-state index < -0.39 is 53.8 Å². The SMILES string of the molecule is CCCC[C@H](C)[C@@H]1CC(=O)N[C@H](C(c2ccccc2)c2ccccc2)C(=O)N[C@@H](C)C(=O)N[C@H]([C@@H](C)CC)C(=O)O1. The first kappa shape index (κ1) is 31.8. The number of esters is 1. The van der Waals surface area contributed by atoms with Gasteiger partial charge in [-0.25, -0.2) is 4.79 Å². The number of unbranched alkanes of at least 4 members (excludes halogenated alkanes) is 1. The largest absolute Gasteiger partial charge is 0.460 e. The van der Waals surface area contributed by atoms with E-state index in [2.05, 4.69) is 22.9 Å². The highest BCUT2D eigenvalue weighted by atomic mass is 16.5. The molecular weight excluding hydrogens is 518 g/mol. The molecule has 0 aromatic heterocycles. The average molecular weight is 564 g/mol. The van der Waals surface area contributed by atoms with Crippen LogP contribution >= 0.6 is 0 Å². The van der Waals surface area contributed by atoms with Crippen molar-refractivity contribution in [1.82, 2.24) is 16.0 Å². The highest BCUT2D eigenvalue weighted by Gasteiger charge is 2.38. The van der Waals surface area contributed by atoms with Crippen molar-refractivity contribution in [1.29, 1.82) is 0 Å². The van der Waals surface area contributed by atoms with Crippen LogP contribution in [0.5, 0.6) is 0 Å². The van der Waals surface area contributed by atoms with E-state index in [-0.39, 0.29) is 18.3 Å². The van der Waals surface area contributed by atoms with E-state index in [1.165, 1.54) is 0 Å². The summed E-state index contributed by atoms with van der Waals surface area (Å²) in [5, 5.41) is 8.57. The number of cyclic esters (lactones) is 1. The lowest BCUT2D eigenvalue weighted by atomic mass is 9.84. The number of amides is 3. The smallest absolute Gasteiger partial charge is 0.329 e. The first-order chi connectivity index (χ1) is 19.7. The fraction of sp³-hybridized carbons (Fsp3) is 0.515. The summed E-state index contributed by atoms with van der Waals surface area (Å²) in [4.78, 5) is 54.2. The van der Waals surface area contributed by atoms with E-state index in [4.69, 9.17) is 4.74 Å². The molecule has 3 amide bonds. The van der Waals surface area contributed by atoms with Gasteiger partial charge in [0.25, 0.3) is 0 Å². The van der Waals surface area contributed by atoms with Gasteiger partial charge in [-0.05, 0) is 36.3 Å². The lowest BCUT2D eigenvalue weighted by Crippen LogP contribution is -2.56. The minimum absolute atomic E-state index is 0.0895. The van der Waals surface area contributed by atoms with Gasteiger partial charge in [-0.15, -0.1) is 0 Å². The molecule has 1 fully saturated rings. The quantitative estimate of drug-likeness (QED) is 0.390. The number of nitrogens with one attached hydrogen (secondary N) is 3. The first-order valence-electron chi connectivity index (χ1n) is 14.9. The number of hydrogen-bond acceptors (Lipinski definition) is 5. The van der Waals surface area contributed by atoms with Gasteiger partial charge in [-0.2, -0.15) is 0 Å². The zero-order valence-electron chi connectivity index (χ0n) is 24.9. The molecule has 1 saturated heterocycles. The molecule has 222 valence electrons. The highest BCUT2D eigenvalue weighted by Crippen LogP contribution is 2.29. The van der Waals surface area contributed by atoms with E-state index in [0.717, 1.165) is 30.4 Å². The second kappa shape index (κ2) is 15.4. The molecule has 3 rings (SSSR count). The van der Waals surface area contributed by atoms with Gasteiger partial charge >= 0.3 is 5.97 Å². The topological polar surface area (TPSA) is 114 Å². The minimum Gasteiger partial charge on any atom is -0.460 e. The number of benzene rings is 2. The molecule has 1 aliphatic heterocycles. The molecule has 1 heterocycles. The van der Waals surface area contributed by atoms with Gasteiger partial charge in [-0.3, -0.25) is 14.4 Å². The summed E-state index contributed by atoms with van der Waals surface area (Å²) < 4.78 is 5.98. The Hall–Kier alpha value is -3.68. The molecule has 3 N–H and O–H groups in total. The molecule has 0 unspecified atom stereocenters. The Kier molecular flexibility index (Phi) is 11.9. The van der Waals surface area contributed by atoms with Crippen molar-refractivity contribution in [2.45, 2.75) is 96.9 Å². The van der Waals surface area contributed by atoms with Crippen LogP contribution in [0, 0.1) is 11.8 Å². The van der Waals surface area contributed by atoms with E-state index in [1.54, 1.807) is 6.92 Å². The van der Waals surface area contributed by atoms with Gasteiger partial charge in [0.05, 0.1) is 6.42 Å². The summed E-state index contributed by atoms with van der Waals surface area (Å²) in [5.41, 5.74) is 1.69. The van der Waals surface area contributed by atoms with Crippen LogP contribution in [0.2, 0.25) is 0 Å². The maximum atomic E-state index is 13.9. The Morgan fingerprint density at radius 1 is 0.780 bits per heavy atom. The Morgan fingerprint density at radius 2 is 1.37 bits per heavy atom. The number of hydrogen-bond donors (Lipinski definition) is 3. The van der Waals surface area contributed by atoms with Crippen molar-refractivity contribution < 1.29 is 23.9 Å². The second-order valence-corrected chi connectivity index (χ2v) is 11.2. The van der Waals surface area contributed by atoms with Gasteiger partial charge in [0.1, 0.15) is 24.2 Å². The van der Waals surface area contributed by atoms with E-state index in [1.807, 2.05) is 81.4 Å². The summed E-state index contributed by atoms with van der Waals surface area (Å²) in [7, 11) is 0. The van der Waals surface area contributed by atoms with Crippen LogP contribution < -0.4 is 16.0 Å². The minimum atomic E-state index is -1.02. The van der Waals surface area contributed by atoms with Crippen molar-refractivity contribution >= 4 is 23.7 Å². The first-order valence-corrected chi connectivity index (χ1v) is 14.9. The third-order valence-corrected chi connectivity index (χ3v) is 8.07. The van der Waals surface area contributed by atoms with Crippen LogP contribution in [0.25, 0.3) is 0 Å². The van der Waals surface area contributed by atoms with Crippen molar-refractivity contribution in [3.8, 4) is 0 Å². The van der Waals surface area contributed by atoms with Crippen molar-refractivity contribution in [2.75, 3.05) is 0 Å². The molecular formula is C33H45N3O5. The van der Waals surface area contributed by atoms with Gasteiger partial charge in [0.2, 0.25) is 17.7 Å². The predicted octanol–water partition coefficient (Wildman–Crippen LogP) is 4.48. The molecule has 0 bridgehead atoms. The molecule has 0 spiro atoms. The maximum Gasteiger partial charge on any atom is 0.329 e. The average Bonchev–Trinajstić information content (AvgIpc) is 2.98. The molecule has 8 heteroatoms. The lowest BCUT2D eigenvalue weighted by Gasteiger charge is -2.30. The summed E-state index contributed by atoms with van der Waals surface area (Å²) in [6.07, 6.45) is 2.52. The van der Waals surface area contributed by atoms with E-state index in [9.17, 15) is 19.2 Å². The fourth-order valence-electron chi connectivity index (χ4n) is 5.22. The molecule has 2 aromatic rings. The number of carbonyl (C=O) groups excluding carboxylic acids is 4. The molecule has 2 aromatic carbocycles. The molecule has 6 atom stereocenters. The Labute approximate surface area is 244 Å². The molecule has 41 heavy (non-hydrogen) atoms. The maximum absolute atomic E-state index is 13.9. The van der Waals surface area contributed by atoms with Crippen LogP contribution in [-0.2, 0) is 23.9 Å². The number of rotatable bonds is 9. The third-order valence-electron chi connectivity index (χ3n) is 8.07. The van der Waals surface area contributed by atoms with Gasteiger partial charge < -0.3 is 20.7 Å². The third kappa shape index (κ3) is 8.65. The van der Waals surface area contributed by atoms with E-state index in [0.29, 0.717) is 6.42 Å². The van der Waals surface area contributed by atoms with Gasteiger partial charge in [-0.1, -0.05) is 108 Å². The van der Waals surface area contributed by atoms with E-state index >= 15 is 0 Å². The Morgan fingerprint density at radius 3 is 1.90 bits per heavy atom. The van der Waals surface area contributed by atoms with Crippen molar-refractivity contribution in [3.63, 3.8) is 0 Å². The van der Waals surface area contributed by atoms with Crippen LogP contribution in [0.1, 0.15) is 83.8 Å². The highest BCUT2D eigenvalue weighted by molar-refractivity contribution is 5.94. The summed E-state index contributed by atoms with van der Waals surface area (Å²) >= 11 is 0. The van der Waals surface area contributed by atoms with Crippen LogP contribution in [-0.4, -0.2) is 47.9 Å². The zero-order valence-corrected chi connectivity index (χ0v) is 24.9. The lowest BCUT2D eigenvalue weighted by molar-refractivity contribution is -0.158. The summed E-state index contributed by atoms with van der Waals surface area (Å²) in [5.74, 6) is -2.74. The zero-order chi connectivity index (χ0) is 29.9. The second-order valence-electron chi connectivity index (χ2n) is 11.2. The fourth-order valence-corrected chi connectivity index (χ4v) is 5.22.